The van der Waals surface area contributed by atoms with Gasteiger partial charge in [-0.15, -0.1) is 0 Å². The smallest absolute Gasteiger partial charge is 0.340 e. The van der Waals surface area contributed by atoms with Crippen LogP contribution in [0.15, 0.2) is 72.8 Å². The second-order valence-electron chi connectivity index (χ2n) is 6.91. The number of esters is 2. The molecule has 0 saturated heterocycles. The number of para-hydroxylation sites is 1. The molecule has 0 aliphatic heterocycles. The largest absolute Gasteiger partial charge is 0.462 e. The van der Waals surface area contributed by atoms with Gasteiger partial charge in [0.15, 0.2) is 6.61 Å². The van der Waals surface area contributed by atoms with Gasteiger partial charge >= 0.3 is 11.9 Å². The standard InChI is InChI=1S/C25H21ClN2O6/c1-2-33-25(32)19-14-17(12-13-20(19)26)27-22(29)15-34-24(31)18-10-6-7-11-21(18)28-23(30)16-8-4-3-5-9-16/h3-14H,2,15H2,1H3,(H,27,29)(H,28,30). The zero-order valence-corrected chi connectivity index (χ0v) is 18.9. The first-order chi connectivity index (χ1) is 16.4. The van der Waals surface area contributed by atoms with Crippen molar-refractivity contribution in [2.24, 2.45) is 0 Å². The summed E-state index contributed by atoms with van der Waals surface area (Å²) in [5, 5.41) is 5.38. The van der Waals surface area contributed by atoms with Gasteiger partial charge in [0.2, 0.25) is 0 Å². The number of halogens is 1. The first-order valence-electron chi connectivity index (χ1n) is 10.3. The number of anilines is 2. The van der Waals surface area contributed by atoms with Crippen LogP contribution in [-0.2, 0) is 14.3 Å². The fourth-order valence-corrected chi connectivity index (χ4v) is 3.12. The molecule has 0 saturated carbocycles. The van der Waals surface area contributed by atoms with E-state index in [-0.39, 0.29) is 34.1 Å². The summed E-state index contributed by atoms with van der Waals surface area (Å²) >= 11 is 6.01. The van der Waals surface area contributed by atoms with Crippen LogP contribution in [0.4, 0.5) is 11.4 Å². The van der Waals surface area contributed by atoms with Gasteiger partial charge in [-0.25, -0.2) is 9.59 Å². The molecule has 3 aromatic carbocycles. The van der Waals surface area contributed by atoms with Crippen molar-refractivity contribution >= 4 is 46.7 Å². The van der Waals surface area contributed by atoms with Crippen molar-refractivity contribution in [3.8, 4) is 0 Å². The third-order valence-electron chi connectivity index (χ3n) is 4.51. The molecule has 174 valence electrons. The van der Waals surface area contributed by atoms with Crippen molar-refractivity contribution < 1.29 is 28.7 Å². The molecule has 0 unspecified atom stereocenters. The Morgan fingerprint density at radius 3 is 2.21 bits per heavy atom. The fraction of sp³-hybridized carbons (Fsp3) is 0.120. The van der Waals surface area contributed by atoms with Gasteiger partial charge in [-0.05, 0) is 49.4 Å². The van der Waals surface area contributed by atoms with Crippen LogP contribution < -0.4 is 10.6 Å². The minimum atomic E-state index is -0.789. The molecular formula is C25H21ClN2O6. The van der Waals surface area contributed by atoms with E-state index in [9.17, 15) is 19.2 Å². The van der Waals surface area contributed by atoms with Gasteiger partial charge in [-0.1, -0.05) is 41.9 Å². The molecule has 0 atom stereocenters. The van der Waals surface area contributed by atoms with Crippen LogP contribution in [0.2, 0.25) is 5.02 Å². The Labute approximate surface area is 200 Å². The van der Waals surface area contributed by atoms with Crippen molar-refractivity contribution in [3.05, 3.63) is 94.5 Å². The Morgan fingerprint density at radius 2 is 1.47 bits per heavy atom. The average molecular weight is 481 g/mol. The first-order valence-corrected chi connectivity index (χ1v) is 10.7. The van der Waals surface area contributed by atoms with E-state index in [2.05, 4.69) is 10.6 Å². The van der Waals surface area contributed by atoms with Gasteiger partial charge < -0.3 is 20.1 Å². The Hall–Kier alpha value is -4.17. The zero-order chi connectivity index (χ0) is 24.5. The number of hydrogen-bond acceptors (Lipinski definition) is 6. The molecule has 2 N–H and O–H groups in total. The van der Waals surface area contributed by atoms with E-state index in [1.54, 1.807) is 55.5 Å². The SMILES string of the molecule is CCOC(=O)c1cc(NC(=O)COC(=O)c2ccccc2NC(=O)c2ccccc2)ccc1Cl. The van der Waals surface area contributed by atoms with E-state index in [1.807, 2.05) is 0 Å². The molecular weight excluding hydrogens is 460 g/mol. The molecule has 3 rings (SSSR count). The van der Waals surface area contributed by atoms with Crippen molar-refractivity contribution in [3.63, 3.8) is 0 Å². The van der Waals surface area contributed by atoms with Gasteiger partial charge in [0, 0.05) is 11.3 Å². The summed E-state index contributed by atoms with van der Waals surface area (Å²) in [5.74, 6) is -2.43. The van der Waals surface area contributed by atoms with E-state index in [0.717, 1.165) is 0 Å². The highest BCUT2D eigenvalue weighted by atomic mass is 35.5. The van der Waals surface area contributed by atoms with Gasteiger partial charge in [-0.3, -0.25) is 9.59 Å². The lowest BCUT2D eigenvalue weighted by atomic mass is 10.1. The van der Waals surface area contributed by atoms with Crippen LogP contribution >= 0.6 is 11.6 Å². The normalized spacial score (nSPS) is 10.2. The number of ether oxygens (including phenoxy) is 2. The summed E-state index contributed by atoms with van der Waals surface area (Å²) in [7, 11) is 0. The molecule has 9 heteroatoms. The molecule has 34 heavy (non-hydrogen) atoms. The third kappa shape index (κ3) is 6.43. The molecule has 0 fully saturated rings. The summed E-state index contributed by atoms with van der Waals surface area (Å²) in [4.78, 5) is 49.2. The summed E-state index contributed by atoms with van der Waals surface area (Å²) in [6, 6.07) is 19.1. The highest BCUT2D eigenvalue weighted by Gasteiger charge is 2.17. The maximum atomic E-state index is 12.6. The van der Waals surface area contributed by atoms with Crippen molar-refractivity contribution in [1.29, 1.82) is 0 Å². The van der Waals surface area contributed by atoms with E-state index in [0.29, 0.717) is 5.56 Å². The predicted molar refractivity (Wildman–Crippen MR) is 127 cm³/mol. The monoisotopic (exact) mass is 480 g/mol. The van der Waals surface area contributed by atoms with Gasteiger partial charge in [-0.2, -0.15) is 0 Å². The summed E-state index contributed by atoms with van der Waals surface area (Å²) in [5.41, 5.74) is 1.15. The molecule has 3 aromatic rings. The number of hydrogen-bond donors (Lipinski definition) is 2. The van der Waals surface area contributed by atoms with Crippen LogP contribution in [0.3, 0.4) is 0 Å². The zero-order valence-electron chi connectivity index (χ0n) is 18.2. The lowest BCUT2D eigenvalue weighted by Crippen LogP contribution is -2.22. The first kappa shape index (κ1) is 24.5. The van der Waals surface area contributed by atoms with Crippen molar-refractivity contribution in [2.75, 3.05) is 23.8 Å². The number of benzene rings is 3. The minimum Gasteiger partial charge on any atom is -0.462 e. The Kier molecular flexibility index (Phi) is 8.37. The van der Waals surface area contributed by atoms with Crippen molar-refractivity contribution in [2.45, 2.75) is 6.92 Å². The molecule has 0 aliphatic rings. The Bertz CT molecular complexity index is 1210. The predicted octanol–water partition coefficient (Wildman–Crippen LogP) is 4.56. The van der Waals surface area contributed by atoms with Crippen LogP contribution in [-0.4, -0.2) is 37.0 Å². The van der Waals surface area contributed by atoms with Gasteiger partial charge in [0.05, 0.1) is 28.4 Å². The van der Waals surface area contributed by atoms with Crippen LogP contribution in [0, 0.1) is 0 Å². The quantitative estimate of drug-likeness (QED) is 0.457. The third-order valence-corrected chi connectivity index (χ3v) is 4.84. The highest BCUT2D eigenvalue weighted by molar-refractivity contribution is 6.33. The van der Waals surface area contributed by atoms with Crippen LogP contribution in [0.25, 0.3) is 0 Å². The van der Waals surface area contributed by atoms with Crippen LogP contribution in [0.1, 0.15) is 38.0 Å². The number of rotatable bonds is 8. The van der Waals surface area contributed by atoms with Crippen molar-refractivity contribution in [1.82, 2.24) is 0 Å². The van der Waals surface area contributed by atoms with E-state index < -0.39 is 30.4 Å². The van der Waals surface area contributed by atoms with Gasteiger partial charge in [0.25, 0.3) is 11.8 Å². The van der Waals surface area contributed by atoms with E-state index in [4.69, 9.17) is 21.1 Å². The molecule has 0 heterocycles. The molecule has 8 nitrogen and oxygen atoms in total. The van der Waals surface area contributed by atoms with Gasteiger partial charge in [0.1, 0.15) is 0 Å². The molecule has 0 aromatic heterocycles. The summed E-state index contributed by atoms with van der Waals surface area (Å²) in [6.45, 7) is 1.25. The second kappa shape index (κ2) is 11.6. The second-order valence-corrected chi connectivity index (χ2v) is 7.31. The Morgan fingerprint density at radius 1 is 0.794 bits per heavy atom. The summed E-state index contributed by atoms with van der Waals surface area (Å²) in [6.07, 6.45) is 0. The average Bonchev–Trinajstić information content (AvgIpc) is 2.84. The molecule has 2 amide bonds. The van der Waals surface area contributed by atoms with E-state index in [1.165, 1.54) is 24.3 Å². The number of amides is 2. The lowest BCUT2D eigenvalue weighted by Gasteiger charge is -2.12. The number of nitrogens with one attached hydrogen (secondary N) is 2. The number of carbonyl (C=O) groups is 4. The molecule has 0 aliphatic carbocycles. The highest BCUT2D eigenvalue weighted by Crippen LogP contribution is 2.22. The fourth-order valence-electron chi connectivity index (χ4n) is 2.93. The van der Waals surface area contributed by atoms with Crippen LogP contribution in [0.5, 0.6) is 0 Å². The maximum Gasteiger partial charge on any atom is 0.340 e. The summed E-state index contributed by atoms with van der Waals surface area (Å²) < 4.78 is 10.0. The Balaban J connectivity index is 1.62. The van der Waals surface area contributed by atoms with E-state index >= 15 is 0 Å². The minimum absolute atomic E-state index is 0.0932. The number of carbonyl (C=O) groups excluding carboxylic acids is 4. The molecule has 0 bridgehead atoms. The maximum absolute atomic E-state index is 12.6. The molecule has 0 radical (unpaired) electrons. The molecule has 0 spiro atoms. The lowest BCUT2D eigenvalue weighted by molar-refractivity contribution is -0.119. The topological polar surface area (TPSA) is 111 Å².